The molecule has 0 aromatic rings. The molecule has 5 amide bonds. The predicted molar refractivity (Wildman–Crippen MR) is 209 cm³/mol. The molecule has 304 valence electrons. The molecule has 2 aliphatic heterocycles. The van der Waals surface area contributed by atoms with Gasteiger partial charge in [-0.2, -0.15) is 0 Å². The summed E-state index contributed by atoms with van der Waals surface area (Å²) >= 11 is 0. The number of nitrogens with two attached hydrogens (primary N) is 1. The lowest BCUT2D eigenvalue weighted by Crippen LogP contribution is -2.62. The Labute approximate surface area is 324 Å². The molecular weight excluding hydrogens is 683 g/mol. The van der Waals surface area contributed by atoms with Crippen molar-refractivity contribution in [3.8, 4) is 0 Å². The molecule has 2 heterocycles. The molecule has 2 saturated heterocycles. The van der Waals surface area contributed by atoms with Crippen LogP contribution in [0.15, 0.2) is 0 Å². The van der Waals surface area contributed by atoms with E-state index in [4.69, 9.17) is 5.73 Å². The van der Waals surface area contributed by atoms with Crippen LogP contribution >= 0.6 is 0 Å². The zero-order valence-corrected chi connectivity index (χ0v) is 34.6. The smallest absolute Gasteiger partial charge is 0.315 e. The summed E-state index contributed by atoms with van der Waals surface area (Å²) in [7, 11) is 2.18. The molecule has 54 heavy (non-hydrogen) atoms. The minimum Gasteiger partial charge on any atom is -0.363 e. The fraction of sp³-hybridized carbons (Fsp3) is 0.881. The number of Topliss-reactive ketones (excluding diaryl/α,β-unsaturated/α-hetero) is 1. The van der Waals surface area contributed by atoms with Crippen LogP contribution in [-0.2, 0) is 19.2 Å². The molecule has 4 aliphatic carbocycles. The van der Waals surface area contributed by atoms with Crippen molar-refractivity contribution in [2.45, 2.75) is 168 Å². The van der Waals surface area contributed by atoms with E-state index >= 15 is 4.79 Å². The van der Waals surface area contributed by atoms with E-state index in [1.807, 2.05) is 20.8 Å². The highest BCUT2D eigenvalue weighted by Gasteiger charge is 2.85. The zero-order chi connectivity index (χ0) is 39.4. The van der Waals surface area contributed by atoms with Gasteiger partial charge in [0.05, 0.1) is 6.04 Å². The summed E-state index contributed by atoms with van der Waals surface area (Å²) in [5.74, 6) is -1.92. The molecule has 0 aromatic heterocycles. The van der Waals surface area contributed by atoms with Crippen LogP contribution < -0.4 is 21.7 Å². The van der Waals surface area contributed by atoms with Gasteiger partial charge in [-0.1, -0.05) is 79.6 Å². The fourth-order valence-electron chi connectivity index (χ4n) is 11.7. The number of piperazine rings is 1. The molecule has 12 nitrogen and oxygen atoms in total. The second kappa shape index (κ2) is 15.3. The Bertz CT molecular complexity index is 1430. The number of ketones is 1. The SMILES string of the molecule is C[C@@H]1CN(CC(NC(=O)NC(C(=O)N2C[C@@]3(C[C@H]2C(=O)NC(CC2CCC2)C(=O)C(N)=O)C(C)(C)C32CCC2)C(C)(C)C)C2CCCCC2)C[C@H](C)N1C. The van der Waals surface area contributed by atoms with Crippen molar-refractivity contribution in [2.75, 3.05) is 33.2 Å². The van der Waals surface area contributed by atoms with E-state index in [1.165, 1.54) is 6.42 Å². The van der Waals surface area contributed by atoms with E-state index in [0.29, 0.717) is 37.4 Å². The van der Waals surface area contributed by atoms with Gasteiger partial charge in [0.2, 0.25) is 17.6 Å². The monoisotopic (exact) mass is 754 g/mol. The Balaban J connectivity index is 1.22. The Hall–Kier alpha value is -2.73. The standard InChI is InChI=1S/C42H71N7O5/c1-26-22-48(23-27(2)47(26)8)24-31(29-16-10-9-11-17-29)45-38(54)46-34(39(3,4)5)37(53)49-25-42(40(6,7)41(42)18-13-19-41)21-32(49)36(52)44-30(33(50)35(43)51)20-28-14-12-15-28/h26-32,34H,9-25H2,1-8H3,(H2,43,51)(H,44,52)(H2,45,46,54)/t26-,27+,30?,31?,32-,34?,42-/m0/s1. The number of nitrogens with zero attached hydrogens (tertiary/aromatic N) is 3. The summed E-state index contributed by atoms with van der Waals surface area (Å²) < 4.78 is 0. The quantitative estimate of drug-likeness (QED) is 0.218. The summed E-state index contributed by atoms with van der Waals surface area (Å²) in [5.41, 5.74) is 4.57. The molecule has 12 heteroatoms. The van der Waals surface area contributed by atoms with Crippen molar-refractivity contribution < 1.29 is 24.0 Å². The number of amides is 5. The number of primary amides is 1. The Morgan fingerprint density at radius 2 is 1.46 bits per heavy atom. The molecule has 3 unspecified atom stereocenters. The molecule has 5 N–H and O–H groups in total. The normalized spacial score (nSPS) is 31.6. The third-order valence-corrected chi connectivity index (χ3v) is 15.9. The average Bonchev–Trinajstić information content (AvgIpc) is 3.28. The van der Waals surface area contributed by atoms with Gasteiger partial charge in [0.25, 0.3) is 5.91 Å². The molecule has 0 aromatic carbocycles. The maximum Gasteiger partial charge on any atom is 0.315 e. The van der Waals surface area contributed by atoms with Gasteiger partial charge in [-0.15, -0.1) is 0 Å². The largest absolute Gasteiger partial charge is 0.363 e. The number of fused-ring (bicyclic) bond motifs is 1. The topological polar surface area (TPSA) is 157 Å². The van der Waals surface area contributed by atoms with Crippen LogP contribution in [0.3, 0.4) is 0 Å². The van der Waals surface area contributed by atoms with E-state index in [-0.39, 0.29) is 40.1 Å². The van der Waals surface area contributed by atoms with Crippen LogP contribution in [0.25, 0.3) is 0 Å². The van der Waals surface area contributed by atoms with Gasteiger partial charge in [-0.3, -0.25) is 29.0 Å². The second-order valence-electron chi connectivity index (χ2n) is 20.2. The van der Waals surface area contributed by atoms with Gasteiger partial charge in [0.1, 0.15) is 12.1 Å². The van der Waals surface area contributed by atoms with Gasteiger partial charge in [0.15, 0.2) is 0 Å². The molecule has 2 spiro atoms. The molecule has 0 radical (unpaired) electrons. The van der Waals surface area contributed by atoms with Crippen molar-refractivity contribution in [2.24, 2.45) is 39.2 Å². The predicted octanol–water partition coefficient (Wildman–Crippen LogP) is 4.20. The lowest BCUT2D eigenvalue weighted by Gasteiger charge is -2.44. The summed E-state index contributed by atoms with van der Waals surface area (Å²) in [6.07, 6.45) is 12.8. The van der Waals surface area contributed by atoms with E-state index < -0.39 is 41.1 Å². The number of hydrogen-bond donors (Lipinski definition) is 4. The molecular formula is C42H71N7O5. The molecule has 0 bridgehead atoms. The number of hydrogen-bond acceptors (Lipinski definition) is 7. The minimum atomic E-state index is -1.06. The second-order valence-corrected chi connectivity index (χ2v) is 20.2. The maximum atomic E-state index is 15.0. The van der Waals surface area contributed by atoms with Gasteiger partial charge in [0, 0.05) is 49.7 Å². The average molecular weight is 754 g/mol. The lowest BCUT2D eigenvalue weighted by molar-refractivity contribution is -0.143. The van der Waals surface area contributed by atoms with Crippen LogP contribution in [0.1, 0.15) is 132 Å². The minimum absolute atomic E-state index is 0.0430. The summed E-state index contributed by atoms with van der Waals surface area (Å²) in [6.45, 7) is 18.0. The van der Waals surface area contributed by atoms with Crippen molar-refractivity contribution in [3.63, 3.8) is 0 Å². The number of rotatable bonds is 12. The maximum absolute atomic E-state index is 15.0. The first-order valence-corrected chi connectivity index (χ1v) is 21.3. The number of nitrogens with one attached hydrogen (secondary N) is 3. The van der Waals surface area contributed by atoms with Crippen LogP contribution in [0.2, 0.25) is 0 Å². The summed E-state index contributed by atoms with van der Waals surface area (Å²) in [5, 5.41) is 9.43. The first kappa shape index (κ1) is 40.9. The molecule has 7 atom stereocenters. The van der Waals surface area contributed by atoms with Crippen LogP contribution in [0.4, 0.5) is 4.79 Å². The van der Waals surface area contributed by atoms with Gasteiger partial charge >= 0.3 is 6.03 Å². The first-order valence-electron chi connectivity index (χ1n) is 21.3. The van der Waals surface area contributed by atoms with Crippen molar-refractivity contribution in [1.29, 1.82) is 0 Å². The van der Waals surface area contributed by atoms with Gasteiger partial charge in [-0.05, 0) is 87.5 Å². The third kappa shape index (κ3) is 7.43. The number of carbonyl (C=O) groups excluding carboxylic acids is 5. The van der Waals surface area contributed by atoms with E-state index in [0.717, 1.165) is 83.8 Å². The lowest BCUT2D eigenvalue weighted by atomic mass is 9.73. The molecule has 6 aliphatic rings. The van der Waals surface area contributed by atoms with E-state index in [1.54, 1.807) is 4.90 Å². The van der Waals surface area contributed by atoms with Crippen molar-refractivity contribution >= 4 is 29.5 Å². The van der Waals surface area contributed by atoms with Crippen LogP contribution in [-0.4, -0.2) is 114 Å². The molecule has 4 saturated carbocycles. The van der Waals surface area contributed by atoms with Crippen molar-refractivity contribution in [3.05, 3.63) is 0 Å². The molecule has 6 rings (SSSR count). The van der Waals surface area contributed by atoms with E-state index in [2.05, 4.69) is 60.5 Å². The third-order valence-electron chi connectivity index (χ3n) is 15.9. The number of likely N-dealkylation sites (tertiary alicyclic amines) is 1. The first-order chi connectivity index (χ1) is 25.3. The molecule has 6 fully saturated rings. The Kier molecular flexibility index (Phi) is 11.6. The van der Waals surface area contributed by atoms with Gasteiger partial charge in [-0.25, -0.2) is 4.79 Å². The van der Waals surface area contributed by atoms with Crippen LogP contribution in [0, 0.1) is 33.5 Å². The zero-order valence-electron chi connectivity index (χ0n) is 34.6. The number of likely N-dealkylation sites (N-methyl/N-ethyl adjacent to an activating group) is 1. The Morgan fingerprint density at radius 1 is 0.833 bits per heavy atom. The fourth-order valence-corrected chi connectivity index (χ4v) is 11.7. The summed E-state index contributed by atoms with van der Waals surface area (Å²) in [6, 6.07) is -2.28. The Morgan fingerprint density at radius 3 is 1.96 bits per heavy atom. The van der Waals surface area contributed by atoms with Crippen LogP contribution in [0.5, 0.6) is 0 Å². The van der Waals surface area contributed by atoms with Crippen molar-refractivity contribution in [1.82, 2.24) is 30.7 Å². The summed E-state index contributed by atoms with van der Waals surface area (Å²) in [4.78, 5) is 75.2. The highest BCUT2D eigenvalue weighted by molar-refractivity contribution is 6.37. The highest BCUT2D eigenvalue weighted by Crippen LogP contribution is 2.88. The highest BCUT2D eigenvalue weighted by atomic mass is 16.2. The number of carbonyl (C=O) groups is 5. The van der Waals surface area contributed by atoms with E-state index in [9.17, 15) is 19.2 Å². The van der Waals surface area contributed by atoms with Gasteiger partial charge < -0.3 is 26.6 Å². The number of urea groups is 1.